The molecule has 2 atom stereocenters. The Kier molecular flexibility index (Phi) is 6.36. The molecule has 0 saturated heterocycles. The molecule has 4 heteroatoms. The number of anilines is 1. The Balaban J connectivity index is 2.49. The van der Waals surface area contributed by atoms with E-state index in [0.717, 1.165) is 17.7 Å². The molecule has 0 fully saturated rings. The van der Waals surface area contributed by atoms with Crippen molar-refractivity contribution in [1.82, 2.24) is 5.32 Å². The molecule has 0 aliphatic heterocycles. The predicted molar refractivity (Wildman–Crippen MR) is 78.0 cm³/mol. The maximum absolute atomic E-state index is 11.9. The number of carbonyl (C=O) groups excluding carboxylic acids is 1. The Morgan fingerprint density at radius 2 is 2.00 bits per heavy atom. The zero-order chi connectivity index (χ0) is 14.3. The van der Waals surface area contributed by atoms with E-state index in [4.69, 9.17) is 10.5 Å². The number of nitrogen functional groups attached to an aromatic ring is 1. The second-order valence-electron chi connectivity index (χ2n) is 4.90. The van der Waals surface area contributed by atoms with Crippen LogP contribution in [0.3, 0.4) is 0 Å². The monoisotopic (exact) mass is 264 g/mol. The van der Waals surface area contributed by atoms with Gasteiger partial charge in [-0.25, -0.2) is 0 Å². The lowest BCUT2D eigenvalue weighted by atomic mass is 9.97. The fourth-order valence-corrected chi connectivity index (χ4v) is 1.97. The average molecular weight is 264 g/mol. The number of nitrogens with one attached hydrogen (secondary N) is 1. The third-order valence-electron chi connectivity index (χ3n) is 3.22. The lowest BCUT2D eigenvalue weighted by Crippen LogP contribution is -2.37. The highest BCUT2D eigenvalue weighted by molar-refractivity contribution is 5.77. The summed E-state index contributed by atoms with van der Waals surface area (Å²) >= 11 is 0. The number of amides is 1. The van der Waals surface area contributed by atoms with Gasteiger partial charge in [0.05, 0.1) is 12.6 Å². The van der Waals surface area contributed by atoms with E-state index in [2.05, 4.69) is 5.32 Å². The van der Waals surface area contributed by atoms with Crippen LogP contribution >= 0.6 is 0 Å². The maximum atomic E-state index is 11.9. The van der Waals surface area contributed by atoms with Crippen molar-refractivity contribution in [3.05, 3.63) is 29.8 Å². The molecule has 0 heterocycles. The molecular weight excluding hydrogens is 240 g/mol. The van der Waals surface area contributed by atoms with Crippen LogP contribution in [-0.4, -0.2) is 25.7 Å². The standard InChI is InChI=1S/C15H24N2O2/c1-4-14(10-19-3)17-15(18)9-11(2)12-5-7-13(16)8-6-12/h5-8,11,14H,4,9-10,16H2,1-3H3,(H,17,18). The van der Waals surface area contributed by atoms with Crippen LogP contribution in [0.15, 0.2) is 24.3 Å². The Morgan fingerprint density at radius 3 is 2.53 bits per heavy atom. The molecule has 0 aromatic heterocycles. The van der Waals surface area contributed by atoms with Gasteiger partial charge < -0.3 is 15.8 Å². The number of ether oxygens (including phenoxy) is 1. The highest BCUT2D eigenvalue weighted by Gasteiger charge is 2.14. The van der Waals surface area contributed by atoms with Crippen molar-refractivity contribution in [3.8, 4) is 0 Å². The van der Waals surface area contributed by atoms with Crippen molar-refractivity contribution in [1.29, 1.82) is 0 Å². The second-order valence-corrected chi connectivity index (χ2v) is 4.90. The summed E-state index contributed by atoms with van der Waals surface area (Å²) in [5, 5.41) is 2.99. The zero-order valence-corrected chi connectivity index (χ0v) is 12.0. The van der Waals surface area contributed by atoms with Crippen LogP contribution in [0, 0.1) is 0 Å². The first-order valence-electron chi connectivity index (χ1n) is 6.70. The minimum atomic E-state index is 0.0632. The lowest BCUT2D eigenvalue weighted by Gasteiger charge is -2.18. The number of hydrogen-bond donors (Lipinski definition) is 2. The van der Waals surface area contributed by atoms with Gasteiger partial charge in [0.2, 0.25) is 5.91 Å². The van der Waals surface area contributed by atoms with E-state index >= 15 is 0 Å². The molecule has 2 unspecified atom stereocenters. The lowest BCUT2D eigenvalue weighted by molar-refractivity contribution is -0.122. The van der Waals surface area contributed by atoms with E-state index in [1.807, 2.05) is 38.1 Å². The Labute approximate surface area is 115 Å². The molecule has 0 spiro atoms. The highest BCUT2D eigenvalue weighted by Crippen LogP contribution is 2.20. The van der Waals surface area contributed by atoms with Crippen LogP contribution in [-0.2, 0) is 9.53 Å². The van der Waals surface area contributed by atoms with E-state index in [1.165, 1.54) is 0 Å². The largest absolute Gasteiger partial charge is 0.399 e. The highest BCUT2D eigenvalue weighted by atomic mass is 16.5. The number of hydrogen-bond acceptors (Lipinski definition) is 3. The smallest absolute Gasteiger partial charge is 0.220 e. The van der Waals surface area contributed by atoms with Gasteiger partial charge in [0.25, 0.3) is 0 Å². The molecule has 1 aromatic rings. The van der Waals surface area contributed by atoms with Crippen molar-refractivity contribution in [2.24, 2.45) is 0 Å². The van der Waals surface area contributed by atoms with Crippen LogP contribution in [0.1, 0.15) is 38.2 Å². The van der Waals surface area contributed by atoms with Gasteiger partial charge in [-0.15, -0.1) is 0 Å². The van der Waals surface area contributed by atoms with E-state index in [-0.39, 0.29) is 17.9 Å². The molecular formula is C15H24N2O2. The molecule has 1 rings (SSSR count). The number of methoxy groups -OCH3 is 1. The molecule has 0 radical (unpaired) electrons. The van der Waals surface area contributed by atoms with E-state index in [1.54, 1.807) is 7.11 Å². The van der Waals surface area contributed by atoms with Crippen LogP contribution < -0.4 is 11.1 Å². The first-order chi connectivity index (χ1) is 9.06. The molecule has 0 aliphatic rings. The van der Waals surface area contributed by atoms with Crippen LogP contribution in [0.25, 0.3) is 0 Å². The summed E-state index contributed by atoms with van der Waals surface area (Å²) in [6.45, 7) is 4.63. The summed E-state index contributed by atoms with van der Waals surface area (Å²) in [6, 6.07) is 7.77. The molecule has 1 amide bonds. The third-order valence-corrected chi connectivity index (χ3v) is 3.22. The summed E-state index contributed by atoms with van der Waals surface area (Å²) < 4.78 is 5.07. The van der Waals surface area contributed by atoms with Crippen molar-refractivity contribution in [2.45, 2.75) is 38.6 Å². The fourth-order valence-electron chi connectivity index (χ4n) is 1.97. The summed E-state index contributed by atoms with van der Waals surface area (Å²) in [5.74, 6) is 0.244. The van der Waals surface area contributed by atoms with Gasteiger partial charge in [-0.1, -0.05) is 26.0 Å². The van der Waals surface area contributed by atoms with Crippen molar-refractivity contribution in [2.75, 3.05) is 19.5 Å². The SMILES string of the molecule is CCC(COC)NC(=O)CC(C)c1ccc(N)cc1. The van der Waals surface area contributed by atoms with Crippen LogP contribution in [0.5, 0.6) is 0 Å². The van der Waals surface area contributed by atoms with Gasteiger partial charge in [-0.2, -0.15) is 0 Å². The molecule has 4 nitrogen and oxygen atoms in total. The van der Waals surface area contributed by atoms with Gasteiger partial charge in [0.1, 0.15) is 0 Å². The molecule has 1 aromatic carbocycles. The Bertz CT molecular complexity index is 390. The molecule has 0 saturated carbocycles. The van der Waals surface area contributed by atoms with Crippen molar-refractivity contribution in [3.63, 3.8) is 0 Å². The summed E-state index contributed by atoms with van der Waals surface area (Å²) in [5.41, 5.74) is 7.52. The van der Waals surface area contributed by atoms with Gasteiger partial charge in [0, 0.05) is 19.2 Å². The second kappa shape index (κ2) is 7.79. The van der Waals surface area contributed by atoms with Crippen LogP contribution in [0.2, 0.25) is 0 Å². The normalized spacial score (nSPS) is 13.8. The minimum Gasteiger partial charge on any atom is -0.399 e. The minimum absolute atomic E-state index is 0.0632. The number of rotatable bonds is 7. The quantitative estimate of drug-likeness (QED) is 0.743. The van der Waals surface area contributed by atoms with Gasteiger partial charge in [-0.3, -0.25) is 4.79 Å². The third kappa shape index (κ3) is 5.30. The molecule has 19 heavy (non-hydrogen) atoms. The van der Waals surface area contributed by atoms with Gasteiger partial charge in [0.15, 0.2) is 0 Å². The van der Waals surface area contributed by atoms with E-state index in [9.17, 15) is 4.79 Å². The molecule has 106 valence electrons. The van der Waals surface area contributed by atoms with E-state index < -0.39 is 0 Å². The van der Waals surface area contributed by atoms with Gasteiger partial charge >= 0.3 is 0 Å². The summed E-state index contributed by atoms with van der Waals surface area (Å²) in [4.78, 5) is 11.9. The number of benzene rings is 1. The maximum Gasteiger partial charge on any atom is 0.220 e. The van der Waals surface area contributed by atoms with Gasteiger partial charge in [-0.05, 0) is 30.0 Å². The number of carbonyl (C=O) groups is 1. The molecule has 0 aliphatic carbocycles. The first kappa shape index (κ1) is 15.5. The molecule has 3 N–H and O–H groups in total. The predicted octanol–water partition coefficient (Wildman–Crippen LogP) is 2.30. The van der Waals surface area contributed by atoms with E-state index in [0.29, 0.717) is 13.0 Å². The molecule has 0 bridgehead atoms. The fraction of sp³-hybridized carbons (Fsp3) is 0.533. The van der Waals surface area contributed by atoms with Crippen LogP contribution in [0.4, 0.5) is 5.69 Å². The van der Waals surface area contributed by atoms with Crippen molar-refractivity contribution >= 4 is 11.6 Å². The first-order valence-corrected chi connectivity index (χ1v) is 6.70. The Morgan fingerprint density at radius 1 is 1.37 bits per heavy atom. The summed E-state index contributed by atoms with van der Waals surface area (Å²) in [7, 11) is 1.64. The Hall–Kier alpha value is -1.55. The average Bonchev–Trinajstić information content (AvgIpc) is 2.38. The zero-order valence-electron chi connectivity index (χ0n) is 12.0. The number of nitrogens with two attached hydrogens (primary N) is 1. The topological polar surface area (TPSA) is 64.3 Å². The van der Waals surface area contributed by atoms with Crippen molar-refractivity contribution < 1.29 is 9.53 Å². The summed E-state index contributed by atoms with van der Waals surface area (Å²) in [6.07, 6.45) is 1.35.